The molecule has 0 spiro atoms. The Bertz CT molecular complexity index is 1110. The zero-order valence-corrected chi connectivity index (χ0v) is 20.7. The van der Waals surface area contributed by atoms with E-state index in [2.05, 4.69) is 16.0 Å². The molecule has 3 amide bonds. The van der Waals surface area contributed by atoms with E-state index in [1.54, 1.807) is 21.3 Å². The van der Waals surface area contributed by atoms with Gasteiger partial charge in [0.1, 0.15) is 0 Å². The Morgan fingerprint density at radius 1 is 1.06 bits per heavy atom. The summed E-state index contributed by atoms with van der Waals surface area (Å²) >= 11 is 0. The number of benzene rings is 2. The highest BCUT2D eigenvalue weighted by Gasteiger charge is 2.28. The number of amides is 3. The molecule has 9 heteroatoms. The van der Waals surface area contributed by atoms with Crippen molar-refractivity contribution in [3.05, 3.63) is 53.1 Å². The van der Waals surface area contributed by atoms with E-state index in [4.69, 9.17) is 14.6 Å². The molecule has 2 aliphatic rings. The van der Waals surface area contributed by atoms with Crippen molar-refractivity contribution in [2.24, 2.45) is 11.0 Å². The Hall–Kier alpha value is -3.59. The number of methoxy groups -OCH3 is 2. The number of piperidine rings is 1. The Morgan fingerprint density at radius 3 is 2.34 bits per heavy atom. The van der Waals surface area contributed by atoms with Crippen LogP contribution in [0.4, 0.5) is 10.5 Å². The largest absolute Gasteiger partial charge is 0.493 e. The number of anilines is 1. The topological polar surface area (TPSA) is 104 Å². The van der Waals surface area contributed by atoms with Crippen molar-refractivity contribution >= 4 is 23.3 Å². The summed E-state index contributed by atoms with van der Waals surface area (Å²) in [5.74, 6) is 1.29. The summed E-state index contributed by atoms with van der Waals surface area (Å²) in [7, 11) is 4.79. The summed E-state index contributed by atoms with van der Waals surface area (Å²) < 4.78 is 11.1. The molecular weight excluding hydrogens is 446 g/mol. The Balaban J connectivity index is 1.70. The van der Waals surface area contributed by atoms with Gasteiger partial charge >= 0.3 is 6.03 Å². The third-order valence-electron chi connectivity index (χ3n) is 6.56. The van der Waals surface area contributed by atoms with Crippen LogP contribution in [0.3, 0.4) is 0 Å². The molecule has 4 rings (SSSR count). The number of urea groups is 1. The zero-order valence-electron chi connectivity index (χ0n) is 20.7. The number of carbonyl (C=O) groups is 2. The van der Waals surface area contributed by atoms with Crippen molar-refractivity contribution in [3.8, 4) is 11.5 Å². The first-order valence-corrected chi connectivity index (χ1v) is 11.9. The molecule has 3 N–H and O–H groups in total. The van der Waals surface area contributed by atoms with Crippen LogP contribution < -0.4 is 25.4 Å². The van der Waals surface area contributed by atoms with E-state index >= 15 is 0 Å². The average molecular weight is 480 g/mol. The summed E-state index contributed by atoms with van der Waals surface area (Å²) in [5.41, 5.74) is 4.07. The highest BCUT2D eigenvalue weighted by Crippen LogP contribution is 2.34. The summed E-state index contributed by atoms with van der Waals surface area (Å²) in [6.45, 7) is 3.69. The number of nitrogens with one attached hydrogen (secondary N) is 3. The minimum atomic E-state index is -0.285. The smallest absolute Gasteiger partial charge is 0.337 e. The average Bonchev–Trinajstić information content (AvgIpc) is 3.03. The van der Waals surface area contributed by atoms with E-state index in [0.717, 1.165) is 48.3 Å². The van der Waals surface area contributed by atoms with E-state index in [1.165, 1.54) is 5.01 Å². The second-order valence-corrected chi connectivity index (χ2v) is 8.86. The maximum atomic E-state index is 12.6. The summed E-state index contributed by atoms with van der Waals surface area (Å²) in [6.07, 6.45) is 2.28. The van der Waals surface area contributed by atoms with Gasteiger partial charge in [-0.2, -0.15) is 5.10 Å². The van der Waals surface area contributed by atoms with Gasteiger partial charge in [0, 0.05) is 29.8 Å². The number of hydrogen-bond acceptors (Lipinski definition) is 6. The van der Waals surface area contributed by atoms with Crippen LogP contribution in [-0.2, 0) is 11.2 Å². The van der Waals surface area contributed by atoms with Gasteiger partial charge in [0.2, 0.25) is 5.91 Å². The summed E-state index contributed by atoms with van der Waals surface area (Å²) in [6, 6.07) is 11.0. The molecule has 1 saturated heterocycles. The predicted molar refractivity (Wildman–Crippen MR) is 135 cm³/mol. The van der Waals surface area contributed by atoms with E-state index in [1.807, 2.05) is 43.3 Å². The molecule has 1 unspecified atom stereocenters. The fourth-order valence-corrected chi connectivity index (χ4v) is 4.59. The third-order valence-corrected chi connectivity index (χ3v) is 6.56. The van der Waals surface area contributed by atoms with Gasteiger partial charge in [0.15, 0.2) is 11.5 Å². The van der Waals surface area contributed by atoms with Crippen LogP contribution in [0, 0.1) is 5.92 Å². The number of hydrogen-bond donors (Lipinski definition) is 3. The minimum Gasteiger partial charge on any atom is -0.493 e. The van der Waals surface area contributed by atoms with Gasteiger partial charge in [-0.05, 0) is 69.1 Å². The van der Waals surface area contributed by atoms with Crippen LogP contribution >= 0.6 is 0 Å². The minimum absolute atomic E-state index is 0.0269. The fraction of sp³-hybridized carbons (Fsp3) is 0.423. The van der Waals surface area contributed by atoms with E-state index in [0.29, 0.717) is 23.6 Å². The number of hydrazone groups is 1. The van der Waals surface area contributed by atoms with Gasteiger partial charge < -0.3 is 25.4 Å². The van der Waals surface area contributed by atoms with E-state index < -0.39 is 0 Å². The van der Waals surface area contributed by atoms with E-state index in [-0.39, 0.29) is 23.9 Å². The number of nitrogens with zero attached hydrogens (tertiary/aromatic N) is 2. The first-order valence-electron chi connectivity index (χ1n) is 11.9. The van der Waals surface area contributed by atoms with Crippen LogP contribution in [-0.4, -0.2) is 63.1 Å². The van der Waals surface area contributed by atoms with Crippen molar-refractivity contribution in [2.75, 3.05) is 39.7 Å². The molecule has 9 nitrogen and oxygen atoms in total. The summed E-state index contributed by atoms with van der Waals surface area (Å²) in [5, 5.41) is 15.2. The fourth-order valence-electron chi connectivity index (χ4n) is 4.59. The normalized spacial score (nSPS) is 18.1. The highest BCUT2D eigenvalue weighted by molar-refractivity contribution is 6.14. The van der Waals surface area contributed by atoms with Gasteiger partial charge in [-0.15, -0.1) is 0 Å². The molecule has 0 aromatic heterocycles. The monoisotopic (exact) mass is 479 g/mol. The van der Waals surface area contributed by atoms with Crippen LogP contribution in [0.2, 0.25) is 0 Å². The molecule has 1 atom stereocenters. The van der Waals surface area contributed by atoms with Crippen molar-refractivity contribution in [1.82, 2.24) is 15.6 Å². The van der Waals surface area contributed by atoms with Crippen molar-refractivity contribution in [1.29, 1.82) is 0 Å². The van der Waals surface area contributed by atoms with Gasteiger partial charge in [0.05, 0.1) is 26.0 Å². The number of rotatable bonds is 5. The molecular formula is C26H33N5O4. The van der Waals surface area contributed by atoms with Gasteiger partial charge in [-0.1, -0.05) is 12.1 Å². The number of fused-ring (bicyclic) bond motifs is 1. The third kappa shape index (κ3) is 5.24. The molecule has 2 aromatic rings. The molecule has 0 aliphatic carbocycles. The van der Waals surface area contributed by atoms with Crippen molar-refractivity contribution in [3.63, 3.8) is 0 Å². The molecule has 35 heavy (non-hydrogen) atoms. The number of ether oxygens (including phenoxy) is 2. The molecule has 2 aromatic carbocycles. The van der Waals surface area contributed by atoms with E-state index in [9.17, 15) is 9.59 Å². The maximum absolute atomic E-state index is 12.6. The van der Waals surface area contributed by atoms with Crippen LogP contribution in [0.25, 0.3) is 0 Å². The summed E-state index contributed by atoms with van der Waals surface area (Å²) in [4.78, 5) is 25.3. The Kier molecular flexibility index (Phi) is 7.55. The van der Waals surface area contributed by atoms with Crippen molar-refractivity contribution < 1.29 is 19.1 Å². The lowest BCUT2D eigenvalue weighted by Crippen LogP contribution is -2.41. The lowest BCUT2D eigenvalue weighted by atomic mass is 9.93. The van der Waals surface area contributed by atoms with Gasteiger partial charge in [-0.25, -0.2) is 9.80 Å². The van der Waals surface area contributed by atoms with Crippen LogP contribution in [0.1, 0.15) is 36.5 Å². The number of carbonyl (C=O) groups excluding carboxylic acids is 2. The van der Waals surface area contributed by atoms with Crippen LogP contribution in [0.5, 0.6) is 11.5 Å². The molecule has 186 valence electrons. The Labute approximate surface area is 205 Å². The molecule has 2 aliphatic heterocycles. The van der Waals surface area contributed by atoms with Crippen LogP contribution in [0.15, 0.2) is 41.5 Å². The predicted octanol–water partition coefficient (Wildman–Crippen LogP) is 2.98. The standard InChI is InChI=1S/C26H33N5O4/c1-16-13-19-14-22(34-3)23(35-4)15-21(19)24(30-31(16)26(33)27-2)17-5-7-20(8-6-17)29-25(32)18-9-11-28-12-10-18/h5-8,14-16,18,28H,9-13H2,1-4H3,(H,27,33)(H,29,32). The molecule has 0 saturated carbocycles. The maximum Gasteiger partial charge on any atom is 0.337 e. The first-order chi connectivity index (χ1) is 16.9. The first kappa shape index (κ1) is 24.5. The molecule has 0 radical (unpaired) electrons. The second-order valence-electron chi connectivity index (χ2n) is 8.86. The molecule has 2 heterocycles. The van der Waals surface area contributed by atoms with Gasteiger partial charge in [-0.3, -0.25) is 4.79 Å². The van der Waals surface area contributed by atoms with Gasteiger partial charge in [0.25, 0.3) is 0 Å². The quantitative estimate of drug-likeness (QED) is 0.612. The highest BCUT2D eigenvalue weighted by atomic mass is 16.5. The lowest BCUT2D eigenvalue weighted by Gasteiger charge is -2.22. The van der Waals surface area contributed by atoms with Crippen molar-refractivity contribution in [2.45, 2.75) is 32.2 Å². The molecule has 1 fully saturated rings. The Morgan fingerprint density at radius 2 is 1.71 bits per heavy atom. The molecule has 0 bridgehead atoms. The zero-order chi connectivity index (χ0) is 24.9. The SMILES string of the molecule is CNC(=O)N1N=C(c2ccc(NC(=O)C3CCNCC3)cc2)c2cc(OC)c(OC)cc2CC1C. The second kappa shape index (κ2) is 10.8. The lowest BCUT2D eigenvalue weighted by molar-refractivity contribution is -0.120.